The number of piperidine rings is 1. The number of nitrogens with zero attached hydrogens (tertiary/aromatic N) is 3. The van der Waals surface area contributed by atoms with Crippen LogP contribution in [0.25, 0.3) is 0 Å². The molecule has 1 aliphatic rings. The molecule has 116 valence electrons. The van der Waals surface area contributed by atoms with E-state index in [9.17, 15) is 4.79 Å². The van der Waals surface area contributed by atoms with Crippen LogP contribution < -0.4 is 4.74 Å². The minimum absolute atomic E-state index is 0.0324. The van der Waals surface area contributed by atoms with Crippen molar-refractivity contribution in [2.24, 2.45) is 7.05 Å². The van der Waals surface area contributed by atoms with Crippen LogP contribution in [-0.4, -0.2) is 39.6 Å². The minimum Gasteiger partial charge on any atom is -0.490 e. The molecule has 1 amide bonds. The van der Waals surface area contributed by atoms with Gasteiger partial charge in [0, 0.05) is 38.0 Å². The summed E-state index contributed by atoms with van der Waals surface area (Å²) in [5.41, 5.74) is 0.622. The molecule has 1 fully saturated rings. The Hall–Kier alpha value is -2.01. The Balaban J connectivity index is 1.55. The maximum atomic E-state index is 12.4. The van der Waals surface area contributed by atoms with Crippen LogP contribution in [0.2, 0.25) is 5.02 Å². The van der Waals surface area contributed by atoms with Gasteiger partial charge in [-0.05, 0) is 24.3 Å². The van der Waals surface area contributed by atoms with Crippen molar-refractivity contribution in [1.82, 2.24) is 14.5 Å². The molecule has 2 heterocycles. The minimum atomic E-state index is 0.0324. The molecule has 0 N–H and O–H groups in total. The Morgan fingerprint density at radius 2 is 1.95 bits per heavy atom. The van der Waals surface area contributed by atoms with Crippen LogP contribution in [0.15, 0.2) is 36.8 Å². The highest BCUT2D eigenvalue weighted by Crippen LogP contribution is 2.21. The second-order valence-corrected chi connectivity index (χ2v) is 5.89. The number of hydrogen-bond acceptors (Lipinski definition) is 3. The fraction of sp³-hybridized carbons (Fsp3) is 0.375. The van der Waals surface area contributed by atoms with Crippen molar-refractivity contribution in [2.45, 2.75) is 18.9 Å². The van der Waals surface area contributed by atoms with E-state index in [1.54, 1.807) is 17.1 Å². The molecule has 5 nitrogen and oxygen atoms in total. The van der Waals surface area contributed by atoms with Crippen molar-refractivity contribution in [3.8, 4) is 5.75 Å². The first kappa shape index (κ1) is 14.9. The van der Waals surface area contributed by atoms with E-state index < -0.39 is 0 Å². The smallest absolute Gasteiger partial charge is 0.272 e. The molecular weight excluding hydrogens is 302 g/mol. The number of rotatable bonds is 3. The first-order valence-corrected chi connectivity index (χ1v) is 7.69. The van der Waals surface area contributed by atoms with Crippen molar-refractivity contribution < 1.29 is 9.53 Å². The SMILES string of the molecule is Cn1cncc1C(=O)N1CCC(Oc2ccc(Cl)cc2)CC1. The lowest BCUT2D eigenvalue weighted by molar-refractivity contribution is 0.0587. The number of amides is 1. The topological polar surface area (TPSA) is 47.4 Å². The standard InChI is InChI=1S/C16H18ClN3O2/c1-19-11-18-10-15(19)16(21)20-8-6-14(7-9-20)22-13-4-2-12(17)3-5-13/h2-5,10-11,14H,6-9H2,1H3. The predicted octanol–water partition coefficient (Wildman–Crippen LogP) is 2.76. The first-order chi connectivity index (χ1) is 10.6. The summed E-state index contributed by atoms with van der Waals surface area (Å²) >= 11 is 5.86. The van der Waals surface area contributed by atoms with Gasteiger partial charge in [0.25, 0.3) is 5.91 Å². The fourth-order valence-corrected chi connectivity index (χ4v) is 2.73. The number of carbonyl (C=O) groups excluding carboxylic acids is 1. The zero-order valence-corrected chi connectivity index (χ0v) is 13.2. The number of hydrogen-bond donors (Lipinski definition) is 0. The summed E-state index contributed by atoms with van der Waals surface area (Å²) < 4.78 is 7.69. The first-order valence-electron chi connectivity index (χ1n) is 7.31. The van der Waals surface area contributed by atoms with E-state index in [0.717, 1.165) is 18.6 Å². The lowest BCUT2D eigenvalue weighted by Crippen LogP contribution is -2.42. The molecule has 1 aromatic heterocycles. The highest BCUT2D eigenvalue weighted by atomic mass is 35.5. The highest BCUT2D eigenvalue weighted by molar-refractivity contribution is 6.30. The molecule has 22 heavy (non-hydrogen) atoms. The van der Waals surface area contributed by atoms with Crippen molar-refractivity contribution in [3.63, 3.8) is 0 Å². The average Bonchev–Trinajstić information content (AvgIpc) is 2.96. The van der Waals surface area contributed by atoms with E-state index in [1.807, 2.05) is 36.2 Å². The van der Waals surface area contributed by atoms with Gasteiger partial charge in [0.2, 0.25) is 0 Å². The van der Waals surface area contributed by atoms with Crippen LogP contribution in [0, 0.1) is 0 Å². The predicted molar refractivity (Wildman–Crippen MR) is 84.2 cm³/mol. The number of halogens is 1. The van der Waals surface area contributed by atoms with Gasteiger partial charge in [0.1, 0.15) is 17.5 Å². The number of ether oxygens (including phenoxy) is 1. The molecule has 0 unspecified atom stereocenters. The van der Waals surface area contributed by atoms with Gasteiger partial charge in [0.15, 0.2) is 0 Å². The highest BCUT2D eigenvalue weighted by Gasteiger charge is 2.25. The maximum Gasteiger partial charge on any atom is 0.272 e. The molecule has 0 saturated carbocycles. The number of benzene rings is 1. The lowest BCUT2D eigenvalue weighted by Gasteiger charge is -2.32. The molecular formula is C16H18ClN3O2. The van der Waals surface area contributed by atoms with Gasteiger partial charge in [-0.15, -0.1) is 0 Å². The number of imidazole rings is 1. The molecule has 2 aromatic rings. The molecule has 3 rings (SSSR count). The third kappa shape index (κ3) is 3.25. The molecule has 0 bridgehead atoms. The number of likely N-dealkylation sites (tertiary alicyclic amines) is 1. The van der Waals surface area contributed by atoms with Crippen molar-refractivity contribution in [3.05, 3.63) is 47.5 Å². The van der Waals surface area contributed by atoms with Gasteiger partial charge >= 0.3 is 0 Å². The molecule has 1 aromatic carbocycles. The van der Waals surface area contributed by atoms with E-state index in [0.29, 0.717) is 23.8 Å². The van der Waals surface area contributed by atoms with E-state index >= 15 is 0 Å². The normalized spacial score (nSPS) is 15.8. The maximum absolute atomic E-state index is 12.4. The van der Waals surface area contributed by atoms with Crippen molar-refractivity contribution >= 4 is 17.5 Å². The summed E-state index contributed by atoms with van der Waals surface area (Å²) in [6.45, 7) is 1.39. The summed E-state index contributed by atoms with van der Waals surface area (Å²) in [5, 5.41) is 0.698. The van der Waals surface area contributed by atoms with Crippen LogP contribution in [0.4, 0.5) is 0 Å². The van der Waals surface area contributed by atoms with Crippen LogP contribution in [0.5, 0.6) is 5.75 Å². The van der Waals surface area contributed by atoms with Crippen molar-refractivity contribution in [1.29, 1.82) is 0 Å². The molecule has 0 atom stereocenters. The Morgan fingerprint density at radius 1 is 1.27 bits per heavy atom. The van der Waals surface area contributed by atoms with Gasteiger partial charge in [-0.2, -0.15) is 0 Å². The Labute approximate surface area is 134 Å². The molecule has 0 aliphatic carbocycles. The van der Waals surface area contributed by atoms with Crippen LogP contribution >= 0.6 is 11.6 Å². The zero-order chi connectivity index (χ0) is 15.5. The Kier molecular flexibility index (Phi) is 4.34. The summed E-state index contributed by atoms with van der Waals surface area (Å²) in [6.07, 6.45) is 5.04. The molecule has 1 aliphatic heterocycles. The second-order valence-electron chi connectivity index (χ2n) is 5.45. The fourth-order valence-electron chi connectivity index (χ4n) is 2.61. The van der Waals surface area contributed by atoms with Gasteiger partial charge in [-0.3, -0.25) is 4.79 Å². The van der Waals surface area contributed by atoms with E-state index in [4.69, 9.17) is 16.3 Å². The molecule has 6 heteroatoms. The van der Waals surface area contributed by atoms with E-state index in [2.05, 4.69) is 4.98 Å². The third-order valence-electron chi connectivity index (χ3n) is 3.88. The van der Waals surface area contributed by atoms with Gasteiger partial charge < -0.3 is 14.2 Å². The second kappa shape index (κ2) is 6.40. The molecule has 0 radical (unpaired) electrons. The van der Waals surface area contributed by atoms with Gasteiger partial charge in [-0.1, -0.05) is 11.6 Å². The van der Waals surface area contributed by atoms with Crippen LogP contribution in [-0.2, 0) is 7.05 Å². The molecule has 1 saturated heterocycles. The number of aryl methyl sites for hydroxylation is 1. The van der Waals surface area contributed by atoms with Gasteiger partial charge in [0.05, 0.1) is 12.5 Å². The summed E-state index contributed by atoms with van der Waals surface area (Å²) in [4.78, 5) is 18.2. The summed E-state index contributed by atoms with van der Waals surface area (Å²) in [5.74, 6) is 0.853. The Morgan fingerprint density at radius 3 is 2.55 bits per heavy atom. The van der Waals surface area contributed by atoms with Gasteiger partial charge in [-0.25, -0.2) is 4.98 Å². The van der Waals surface area contributed by atoms with Crippen molar-refractivity contribution in [2.75, 3.05) is 13.1 Å². The summed E-state index contributed by atoms with van der Waals surface area (Å²) in [6, 6.07) is 7.38. The zero-order valence-electron chi connectivity index (χ0n) is 12.4. The Bertz CT molecular complexity index is 646. The van der Waals surface area contributed by atoms with Crippen LogP contribution in [0.1, 0.15) is 23.3 Å². The molecule has 0 spiro atoms. The lowest BCUT2D eigenvalue weighted by atomic mass is 10.1. The van der Waals surface area contributed by atoms with E-state index in [-0.39, 0.29) is 12.0 Å². The number of aromatic nitrogens is 2. The summed E-state index contributed by atoms with van der Waals surface area (Å²) in [7, 11) is 1.83. The largest absolute Gasteiger partial charge is 0.490 e. The third-order valence-corrected chi connectivity index (χ3v) is 4.13. The quantitative estimate of drug-likeness (QED) is 0.874. The van der Waals surface area contributed by atoms with E-state index in [1.165, 1.54) is 0 Å². The monoisotopic (exact) mass is 319 g/mol. The number of carbonyl (C=O) groups is 1. The van der Waals surface area contributed by atoms with Crippen LogP contribution in [0.3, 0.4) is 0 Å². The average molecular weight is 320 g/mol.